The maximum atomic E-state index is 12.5. The van der Waals surface area contributed by atoms with E-state index < -0.39 is 6.55 Å². The van der Waals surface area contributed by atoms with Crippen LogP contribution >= 0.6 is 11.6 Å². The van der Waals surface area contributed by atoms with E-state index in [2.05, 4.69) is 10.00 Å². The average molecular weight is 355 g/mol. The fourth-order valence-corrected chi connectivity index (χ4v) is 2.94. The van der Waals surface area contributed by atoms with Gasteiger partial charge in [0.1, 0.15) is 0 Å². The van der Waals surface area contributed by atoms with Crippen LogP contribution in [-0.2, 0) is 6.54 Å². The van der Waals surface area contributed by atoms with Crippen LogP contribution in [0.1, 0.15) is 22.6 Å². The number of rotatable bonds is 4. The van der Waals surface area contributed by atoms with E-state index in [9.17, 15) is 13.6 Å². The normalized spacial score (nSPS) is 15.9. The largest absolute Gasteiger partial charge is 0.335 e. The zero-order valence-corrected chi connectivity index (χ0v) is 13.7. The van der Waals surface area contributed by atoms with E-state index in [-0.39, 0.29) is 11.6 Å². The molecule has 0 bridgehead atoms. The van der Waals surface area contributed by atoms with Crippen molar-refractivity contribution in [3.05, 3.63) is 52.8 Å². The number of amides is 1. The van der Waals surface area contributed by atoms with Crippen LogP contribution in [0.5, 0.6) is 0 Å². The molecule has 0 aliphatic carbocycles. The molecule has 1 aromatic heterocycles. The molecular weight excluding hydrogens is 338 g/mol. The first-order valence-corrected chi connectivity index (χ1v) is 8.00. The standard InChI is InChI=1S/C16H17ClF2N4O/c17-13-3-1-2-12(10-13)11-21-6-8-22(9-7-21)15(24)14-4-5-23(20-14)16(18)19/h1-5,10,16H,6-9,11H2. The van der Waals surface area contributed by atoms with Crippen molar-refractivity contribution in [2.45, 2.75) is 13.1 Å². The minimum atomic E-state index is -2.74. The Bertz CT molecular complexity index is 714. The van der Waals surface area contributed by atoms with E-state index in [0.717, 1.165) is 18.3 Å². The molecule has 3 rings (SSSR count). The van der Waals surface area contributed by atoms with Gasteiger partial charge in [0.05, 0.1) is 0 Å². The topological polar surface area (TPSA) is 41.4 Å². The van der Waals surface area contributed by atoms with Crippen LogP contribution in [0.2, 0.25) is 5.02 Å². The molecule has 0 N–H and O–H groups in total. The minimum absolute atomic E-state index is 0.0543. The number of benzene rings is 1. The number of aromatic nitrogens is 2. The van der Waals surface area contributed by atoms with Gasteiger partial charge in [-0.1, -0.05) is 23.7 Å². The lowest BCUT2D eigenvalue weighted by atomic mass is 10.2. The van der Waals surface area contributed by atoms with Gasteiger partial charge in [-0.05, 0) is 23.8 Å². The Kier molecular flexibility index (Phi) is 5.11. The Morgan fingerprint density at radius 2 is 1.96 bits per heavy atom. The van der Waals surface area contributed by atoms with Gasteiger partial charge in [-0.3, -0.25) is 9.69 Å². The van der Waals surface area contributed by atoms with Crippen molar-refractivity contribution in [1.82, 2.24) is 19.6 Å². The van der Waals surface area contributed by atoms with E-state index in [4.69, 9.17) is 11.6 Å². The van der Waals surface area contributed by atoms with Crippen LogP contribution in [0.15, 0.2) is 36.5 Å². The summed E-state index contributed by atoms with van der Waals surface area (Å²) >= 11 is 5.99. The fourth-order valence-electron chi connectivity index (χ4n) is 2.73. The summed E-state index contributed by atoms with van der Waals surface area (Å²) in [6.07, 6.45) is 1.12. The van der Waals surface area contributed by atoms with Crippen molar-refractivity contribution in [2.75, 3.05) is 26.2 Å². The molecule has 1 saturated heterocycles. The van der Waals surface area contributed by atoms with Gasteiger partial charge in [-0.15, -0.1) is 0 Å². The summed E-state index contributed by atoms with van der Waals surface area (Å²) in [5, 5.41) is 4.33. The average Bonchev–Trinajstić information content (AvgIpc) is 3.05. The minimum Gasteiger partial charge on any atom is -0.335 e. The van der Waals surface area contributed by atoms with E-state index in [1.54, 1.807) is 4.90 Å². The second-order valence-corrected chi connectivity index (χ2v) is 6.09. The first kappa shape index (κ1) is 16.9. The maximum Gasteiger partial charge on any atom is 0.333 e. The van der Waals surface area contributed by atoms with Gasteiger partial charge >= 0.3 is 6.55 Å². The first-order chi connectivity index (χ1) is 11.5. The number of hydrogen-bond acceptors (Lipinski definition) is 3. The number of carbonyl (C=O) groups excluding carboxylic acids is 1. The summed E-state index contributed by atoms with van der Waals surface area (Å²) in [7, 11) is 0. The van der Waals surface area contributed by atoms with E-state index in [1.165, 1.54) is 6.07 Å². The molecular formula is C16H17ClF2N4O. The van der Waals surface area contributed by atoms with Crippen molar-refractivity contribution in [2.24, 2.45) is 0 Å². The summed E-state index contributed by atoms with van der Waals surface area (Å²) in [5.74, 6) is -0.309. The number of piperazine rings is 1. The van der Waals surface area contributed by atoms with Crippen molar-refractivity contribution >= 4 is 17.5 Å². The molecule has 24 heavy (non-hydrogen) atoms. The third kappa shape index (κ3) is 3.91. The van der Waals surface area contributed by atoms with Gasteiger partial charge in [0.25, 0.3) is 5.91 Å². The van der Waals surface area contributed by atoms with Crippen molar-refractivity contribution in [3.8, 4) is 0 Å². The monoisotopic (exact) mass is 354 g/mol. The molecule has 0 saturated carbocycles. The highest BCUT2D eigenvalue weighted by molar-refractivity contribution is 6.30. The van der Waals surface area contributed by atoms with E-state index in [1.807, 2.05) is 24.3 Å². The second-order valence-electron chi connectivity index (χ2n) is 5.66. The summed E-state index contributed by atoms with van der Waals surface area (Å²) in [6, 6.07) is 9.01. The van der Waals surface area contributed by atoms with Crippen LogP contribution in [-0.4, -0.2) is 51.7 Å². The van der Waals surface area contributed by atoms with Crippen molar-refractivity contribution in [1.29, 1.82) is 0 Å². The number of hydrogen-bond donors (Lipinski definition) is 0. The quantitative estimate of drug-likeness (QED) is 0.847. The SMILES string of the molecule is O=C(c1ccn(C(F)F)n1)N1CCN(Cc2cccc(Cl)c2)CC1. The summed E-state index contributed by atoms with van der Waals surface area (Å²) in [6.45, 7) is 0.549. The lowest BCUT2D eigenvalue weighted by molar-refractivity contribution is 0.0534. The number of halogens is 3. The molecule has 5 nitrogen and oxygen atoms in total. The third-order valence-electron chi connectivity index (χ3n) is 3.98. The number of nitrogens with zero attached hydrogens (tertiary/aromatic N) is 4. The molecule has 0 atom stereocenters. The summed E-state index contributed by atoms with van der Waals surface area (Å²) in [4.78, 5) is 16.2. The molecule has 1 aliphatic heterocycles. The second kappa shape index (κ2) is 7.27. The molecule has 1 aliphatic rings. The van der Waals surface area contributed by atoms with Gasteiger partial charge < -0.3 is 4.90 Å². The molecule has 0 spiro atoms. The predicted molar refractivity (Wildman–Crippen MR) is 86.1 cm³/mol. The predicted octanol–water partition coefficient (Wildman–Crippen LogP) is 2.89. The highest BCUT2D eigenvalue weighted by Crippen LogP contribution is 2.15. The smallest absolute Gasteiger partial charge is 0.333 e. The zero-order chi connectivity index (χ0) is 17.1. The van der Waals surface area contributed by atoms with Gasteiger partial charge in [-0.25, -0.2) is 4.68 Å². The number of carbonyl (C=O) groups is 1. The first-order valence-electron chi connectivity index (χ1n) is 7.62. The summed E-state index contributed by atoms with van der Waals surface area (Å²) in [5.41, 5.74) is 1.18. The molecule has 128 valence electrons. The Hall–Kier alpha value is -1.99. The van der Waals surface area contributed by atoms with Crippen LogP contribution in [0, 0.1) is 0 Å². The Balaban J connectivity index is 1.55. The molecule has 0 radical (unpaired) electrons. The maximum absolute atomic E-state index is 12.5. The van der Waals surface area contributed by atoms with E-state index >= 15 is 0 Å². The molecule has 1 amide bonds. The molecule has 2 heterocycles. The lowest BCUT2D eigenvalue weighted by Crippen LogP contribution is -2.48. The Morgan fingerprint density at radius 1 is 1.21 bits per heavy atom. The van der Waals surface area contributed by atoms with Crippen LogP contribution in [0.25, 0.3) is 0 Å². The third-order valence-corrected chi connectivity index (χ3v) is 4.22. The molecule has 1 fully saturated rings. The van der Waals surface area contributed by atoms with Gasteiger partial charge in [-0.2, -0.15) is 13.9 Å². The highest BCUT2D eigenvalue weighted by atomic mass is 35.5. The van der Waals surface area contributed by atoms with Gasteiger partial charge in [0.15, 0.2) is 5.69 Å². The van der Waals surface area contributed by atoms with E-state index in [0.29, 0.717) is 35.9 Å². The van der Waals surface area contributed by atoms with Gasteiger partial charge in [0, 0.05) is 43.9 Å². The molecule has 1 aromatic carbocycles. The lowest BCUT2D eigenvalue weighted by Gasteiger charge is -2.34. The molecule has 0 unspecified atom stereocenters. The van der Waals surface area contributed by atoms with Crippen molar-refractivity contribution < 1.29 is 13.6 Å². The molecule has 8 heteroatoms. The summed E-state index contributed by atoms with van der Waals surface area (Å²) < 4.78 is 25.6. The zero-order valence-electron chi connectivity index (χ0n) is 12.9. The van der Waals surface area contributed by atoms with Crippen LogP contribution in [0.3, 0.4) is 0 Å². The van der Waals surface area contributed by atoms with Crippen LogP contribution in [0.4, 0.5) is 8.78 Å². The molecule has 2 aromatic rings. The number of alkyl halides is 2. The highest BCUT2D eigenvalue weighted by Gasteiger charge is 2.24. The van der Waals surface area contributed by atoms with Crippen molar-refractivity contribution in [3.63, 3.8) is 0 Å². The Labute approximate surface area is 143 Å². The Morgan fingerprint density at radius 3 is 2.58 bits per heavy atom. The fraction of sp³-hybridized carbons (Fsp3) is 0.375. The van der Waals surface area contributed by atoms with Gasteiger partial charge in [0.2, 0.25) is 0 Å². The van der Waals surface area contributed by atoms with Crippen LogP contribution < -0.4 is 0 Å².